The van der Waals surface area contributed by atoms with Crippen LogP contribution in [0.5, 0.6) is 0 Å². The van der Waals surface area contributed by atoms with E-state index in [1.807, 2.05) is 11.8 Å². The average Bonchev–Trinajstić information content (AvgIpc) is 3.41. The molecule has 3 aliphatic rings. The van der Waals surface area contributed by atoms with E-state index in [1.54, 1.807) is 35.2 Å². The van der Waals surface area contributed by atoms with E-state index in [0.717, 1.165) is 17.7 Å². The number of β-amino-alcohol motifs (C(OH)–C–C–N with tert-alkyl or cyclic N) is 1. The summed E-state index contributed by atoms with van der Waals surface area (Å²) in [7, 11) is -4.00. The van der Waals surface area contributed by atoms with Crippen LogP contribution >= 0.6 is 0 Å². The van der Waals surface area contributed by atoms with E-state index >= 15 is 0 Å². The number of carbonyl (C=O) groups is 2. The first-order valence-electron chi connectivity index (χ1n) is 13.9. The highest BCUT2D eigenvalue weighted by Gasteiger charge is 2.31. The maximum Gasteiger partial charge on any atom is 0.294 e. The number of morpholine rings is 1. The number of aryl methyl sites for hydroxylation is 1. The summed E-state index contributed by atoms with van der Waals surface area (Å²) in [4.78, 5) is 32.8. The summed E-state index contributed by atoms with van der Waals surface area (Å²) in [6.07, 6.45) is 2.39. The van der Waals surface area contributed by atoms with E-state index in [4.69, 9.17) is 9.29 Å². The summed E-state index contributed by atoms with van der Waals surface area (Å²) < 4.78 is 48.4. The van der Waals surface area contributed by atoms with Gasteiger partial charge in [-0.15, -0.1) is 0 Å². The molecule has 0 aliphatic carbocycles. The Kier molecular flexibility index (Phi) is 9.08. The Morgan fingerprint density at radius 1 is 1.09 bits per heavy atom. The fraction of sp³-hybridized carbons (Fsp3) is 0.333. The number of amides is 2. The molecule has 0 bridgehead atoms. The zero-order chi connectivity index (χ0) is 30.7. The third-order valence-corrected chi connectivity index (χ3v) is 8.54. The Hall–Kier alpha value is -3.88. The number of ether oxygens (including phenoxy) is 1. The minimum atomic E-state index is -4.00. The lowest BCUT2D eigenvalue weighted by atomic mass is 10.0. The van der Waals surface area contributed by atoms with Crippen LogP contribution in [0.4, 0.5) is 10.1 Å². The number of rotatable bonds is 5. The fourth-order valence-electron chi connectivity index (χ4n) is 5.41. The summed E-state index contributed by atoms with van der Waals surface area (Å²) in [5.41, 5.74) is 4.25. The number of hydrogen-bond donors (Lipinski definition) is 4. The van der Waals surface area contributed by atoms with Gasteiger partial charge in [0.15, 0.2) is 0 Å². The number of fused-ring (bicyclic) bond motifs is 2. The molecule has 1 fully saturated rings. The largest absolute Gasteiger partial charge is 0.379 e. The lowest BCUT2D eigenvalue weighted by Crippen LogP contribution is -2.50. The third kappa shape index (κ3) is 6.86. The Morgan fingerprint density at radius 3 is 2.49 bits per heavy atom. The summed E-state index contributed by atoms with van der Waals surface area (Å²) in [6.45, 7) is 5.07. The van der Waals surface area contributed by atoms with Crippen LogP contribution in [-0.2, 0) is 26.1 Å². The molecular formula is C30H33FN4O7S. The molecular weight excluding hydrogens is 579 g/mol. The summed E-state index contributed by atoms with van der Waals surface area (Å²) in [5, 5.41) is 13.4. The maximum atomic E-state index is 13.8. The van der Waals surface area contributed by atoms with Crippen molar-refractivity contribution in [3.63, 3.8) is 0 Å². The second-order valence-corrected chi connectivity index (χ2v) is 11.9. The highest BCUT2D eigenvalue weighted by atomic mass is 32.2. The number of hydrogen-bond acceptors (Lipinski definition) is 7. The molecule has 1 saturated heterocycles. The van der Waals surface area contributed by atoms with E-state index in [9.17, 15) is 27.5 Å². The van der Waals surface area contributed by atoms with Crippen LogP contribution in [0, 0.1) is 12.7 Å². The molecule has 43 heavy (non-hydrogen) atoms. The molecule has 4 N–H and O–H groups in total. The Morgan fingerprint density at radius 2 is 1.81 bits per heavy atom. The lowest BCUT2D eigenvalue weighted by Gasteiger charge is -2.34. The average molecular weight is 613 g/mol. The summed E-state index contributed by atoms with van der Waals surface area (Å²) >= 11 is 0. The van der Waals surface area contributed by atoms with E-state index in [1.165, 1.54) is 24.3 Å². The van der Waals surface area contributed by atoms with Crippen molar-refractivity contribution in [1.29, 1.82) is 0 Å². The SMILES string of the molecule is Cc1c(/C=C2\C(=O)Nc3ccc(F)cc32)[nH]c2c1C(=O)N(C[C@H](O)N1CCOCC1)CCC2.O=S(=O)(O)c1ccccc1. The van der Waals surface area contributed by atoms with Crippen molar-refractivity contribution in [2.24, 2.45) is 0 Å². The van der Waals surface area contributed by atoms with Gasteiger partial charge in [-0.05, 0) is 61.7 Å². The molecule has 0 unspecified atom stereocenters. The van der Waals surface area contributed by atoms with Gasteiger partial charge in [0.05, 0.1) is 35.8 Å². The van der Waals surface area contributed by atoms with Crippen molar-refractivity contribution in [2.75, 3.05) is 44.7 Å². The molecule has 2 amide bonds. The molecule has 11 nitrogen and oxygen atoms in total. The fourth-order valence-corrected chi connectivity index (χ4v) is 5.91. The van der Waals surface area contributed by atoms with Gasteiger partial charge >= 0.3 is 0 Å². The van der Waals surface area contributed by atoms with Crippen LogP contribution in [-0.4, -0.2) is 90.3 Å². The van der Waals surface area contributed by atoms with Crippen molar-refractivity contribution >= 4 is 39.3 Å². The van der Waals surface area contributed by atoms with Gasteiger partial charge in [0, 0.05) is 42.3 Å². The van der Waals surface area contributed by atoms with E-state index < -0.39 is 22.2 Å². The van der Waals surface area contributed by atoms with Crippen molar-refractivity contribution in [1.82, 2.24) is 14.8 Å². The zero-order valence-corrected chi connectivity index (χ0v) is 24.4. The topological polar surface area (TPSA) is 152 Å². The van der Waals surface area contributed by atoms with E-state index in [-0.39, 0.29) is 23.3 Å². The van der Waals surface area contributed by atoms with Crippen LogP contribution in [0.3, 0.4) is 0 Å². The molecule has 6 rings (SSSR count). The third-order valence-electron chi connectivity index (χ3n) is 7.67. The van der Waals surface area contributed by atoms with Gasteiger partial charge in [0.25, 0.3) is 21.9 Å². The number of halogens is 1. The molecule has 0 radical (unpaired) electrons. The van der Waals surface area contributed by atoms with Crippen molar-refractivity contribution in [3.05, 3.63) is 82.4 Å². The van der Waals surface area contributed by atoms with Gasteiger partial charge < -0.3 is 25.0 Å². The number of aromatic amines is 1. The van der Waals surface area contributed by atoms with Gasteiger partial charge in [-0.2, -0.15) is 8.42 Å². The monoisotopic (exact) mass is 612 g/mol. The first-order valence-corrected chi connectivity index (χ1v) is 15.3. The molecule has 228 valence electrons. The Bertz CT molecular complexity index is 1650. The summed E-state index contributed by atoms with van der Waals surface area (Å²) in [6, 6.07) is 11.6. The molecule has 13 heteroatoms. The van der Waals surface area contributed by atoms with Crippen molar-refractivity contribution in [2.45, 2.75) is 30.9 Å². The van der Waals surface area contributed by atoms with Crippen LogP contribution in [0.1, 0.15) is 39.3 Å². The van der Waals surface area contributed by atoms with Gasteiger partial charge in [-0.3, -0.25) is 19.0 Å². The molecule has 1 atom stereocenters. The number of benzene rings is 2. The Labute approximate surface area is 248 Å². The molecule has 2 aromatic carbocycles. The molecule has 3 aliphatic heterocycles. The van der Waals surface area contributed by atoms with Gasteiger partial charge in [-0.25, -0.2) is 4.39 Å². The minimum absolute atomic E-state index is 0.0741. The van der Waals surface area contributed by atoms with Gasteiger partial charge in [-0.1, -0.05) is 18.2 Å². The van der Waals surface area contributed by atoms with Crippen molar-refractivity contribution in [3.8, 4) is 0 Å². The molecule has 0 spiro atoms. The number of nitrogens with zero attached hydrogens (tertiary/aromatic N) is 2. The van der Waals surface area contributed by atoms with Crippen LogP contribution in [0.15, 0.2) is 53.4 Å². The highest BCUT2D eigenvalue weighted by molar-refractivity contribution is 7.85. The molecule has 3 aromatic rings. The second kappa shape index (κ2) is 12.8. The predicted molar refractivity (Wildman–Crippen MR) is 157 cm³/mol. The second-order valence-electron chi connectivity index (χ2n) is 10.5. The standard InChI is InChI=1S/C24H27FN4O4.C6H6O3S/c1-14-20(12-17-16-11-15(25)4-5-18(16)27-23(17)31)26-19-3-2-6-29(24(32)22(14)19)13-21(30)28-7-9-33-10-8-28;7-10(8,9)6-4-2-1-3-5-6/h4-5,11-12,21,26,30H,2-3,6-10,13H2,1H3,(H,27,31);1-5H,(H,7,8,9)/b17-12-;/t21-;/m0./s1. The smallest absolute Gasteiger partial charge is 0.294 e. The maximum absolute atomic E-state index is 13.8. The molecule has 1 aromatic heterocycles. The van der Waals surface area contributed by atoms with Crippen LogP contribution in [0.25, 0.3) is 11.6 Å². The number of nitrogens with one attached hydrogen (secondary N) is 2. The van der Waals surface area contributed by atoms with Crippen LogP contribution < -0.4 is 5.32 Å². The molecule has 4 heterocycles. The zero-order valence-electron chi connectivity index (χ0n) is 23.5. The lowest BCUT2D eigenvalue weighted by molar-refractivity contribution is -0.110. The first kappa shape index (κ1) is 30.6. The minimum Gasteiger partial charge on any atom is -0.379 e. The first-order chi connectivity index (χ1) is 20.5. The van der Waals surface area contributed by atoms with E-state index in [2.05, 4.69) is 10.3 Å². The predicted octanol–water partition coefficient (Wildman–Crippen LogP) is 2.93. The number of aliphatic hydroxyl groups is 1. The highest BCUT2D eigenvalue weighted by Crippen LogP contribution is 2.35. The number of aromatic nitrogens is 1. The number of aliphatic hydroxyl groups excluding tert-OH is 1. The Balaban J connectivity index is 0.000000314. The molecule has 0 saturated carbocycles. The number of carbonyl (C=O) groups excluding carboxylic acids is 2. The number of H-pyrrole nitrogens is 1. The normalized spacial score (nSPS) is 18.8. The number of anilines is 1. The van der Waals surface area contributed by atoms with Gasteiger partial charge in [0.1, 0.15) is 12.0 Å². The van der Waals surface area contributed by atoms with Crippen LogP contribution in [0.2, 0.25) is 0 Å². The van der Waals surface area contributed by atoms with E-state index in [0.29, 0.717) is 67.4 Å². The quantitative estimate of drug-likeness (QED) is 0.254. The summed E-state index contributed by atoms with van der Waals surface area (Å²) in [5.74, 6) is -0.850. The van der Waals surface area contributed by atoms with Gasteiger partial charge in [0.2, 0.25) is 0 Å². The van der Waals surface area contributed by atoms with Crippen molar-refractivity contribution < 1.29 is 36.8 Å².